The average molecular weight is 326 g/mol. The Kier molecular flexibility index (Phi) is 6.00. The van der Waals surface area contributed by atoms with Crippen molar-refractivity contribution in [3.63, 3.8) is 0 Å². The van der Waals surface area contributed by atoms with Gasteiger partial charge >= 0.3 is 0 Å². The Hall–Kier alpha value is -0.430. The van der Waals surface area contributed by atoms with Crippen molar-refractivity contribution in [3.05, 3.63) is 11.4 Å². The quantitative estimate of drug-likeness (QED) is 0.423. The van der Waals surface area contributed by atoms with Crippen molar-refractivity contribution in [2.45, 2.75) is 52.6 Å². The molecule has 0 nitrogen and oxygen atoms in total. The van der Waals surface area contributed by atoms with E-state index in [0.717, 1.165) is 30.5 Å². The Labute approximate surface area is 132 Å². The van der Waals surface area contributed by atoms with Crippen LogP contribution in [0.2, 0.25) is 0 Å². The van der Waals surface area contributed by atoms with E-state index >= 15 is 0 Å². The zero-order valence-electron chi connectivity index (χ0n) is 14.2. The molecule has 4 atom stereocenters. The third kappa shape index (κ3) is 3.86. The van der Waals surface area contributed by atoms with Gasteiger partial charge in [-0.2, -0.15) is 0 Å². The standard InChI is InChI=1S/C18H29FP2/c1-9-18(11-14(3)16(19)15(18)4)12-17(5,6)21(8)13-20(7)10-2/h1,14H,7-8,10-13H2,2-6H3/q+2/t14-,18-/m1/s1. The molecule has 0 aromatic carbocycles. The van der Waals surface area contributed by atoms with Crippen LogP contribution in [0, 0.1) is 23.7 Å². The van der Waals surface area contributed by atoms with E-state index in [2.05, 4.69) is 39.3 Å². The first kappa shape index (κ1) is 18.6. The van der Waals surface area contributed by atoms with E-state index in [9.17, 15) is 4.39 Å². The van der Waals surface area contributed by atoms with Crippen LogP contribution in [0.15, 0.2) is 11.4 Å². The minimum atomic E-state index is -0.415. The fraction of sp³-hybridized carbons (Fsp3) is 0.667. The summed E-state index contributed by atoms with van der Waals surface area (Å²) in [7, 11) is -0.566. The fourth-order valence-electron chi connectivity index (χ4n) is 3.17. The van der Waals surface area contributed by atoms with Crippen LogP contribution in [-0.2, 0) is 0 Å². The molecule has 21 heavy (non-hydrogen) atoms. The fourth-order valence-corrected chi connectivity index (χ4v) is 7.93. The van der Waals surface area contributed by atoms with Crippen LogP contribution in [0.3, 0.4) is 0 Å². The summed E-state index contributed by atoms with van der Waals surface area (Å²) in [5.74, 6) is 4.02. The highest BCUT2D eigenvalue weighted by molar-refractivity contribution is 7.73. The van der Waals surface area contributed by atoms with Gasteiger partial charge in [-0.15, -0.1) is 6.42 Å². The summed E-state index contributed by atoms with van der Waals surface area (Å²) in [6, 6.07) is 0. The number of halogens is 1. The van der Waals surface area contributed by atoms with Gasteiger partial charge in [-0.3, -0.25) is 0 Å². The molecule has 0 aliphatic heterocycles. The second-order valence-corrected chi connectivity index (χ2v) is 12.4. The molecule has 0 heterocycles. The van der Waals surface area contributed by atoms with Crippen molar-refractivity contribution in [2.75, 3.05) is 12.1 Å². The Bertz CT molecular complexity index is 522. The Balaban J connectivity index is 3.00. The number of hydrogen-bond donors (Lipinski definition) is 0. The molecule has 116 valence electrons. The first-order chi connectivity index (χ1) is 9.59. The number of allylic oxidation sites excluding steroid dienone is 2. The smallest absolute Gasteiger partial charge is 0.212 e. The molecule has 2 unspecified atom stereocenters. The number of hydrogen-bond acceptors (Lipinski definition) is 0. The van der Waals surface area contributed by atoms with Crippen molar-refractivity contribution in [3.8, 4) is 12.3 Å². The molecule has 0 aromatic heterocycles. The van der Waals surface area contributed by atoms with Crippen molar-refractivity contribution in [1.29, 1.82) is 0 Å². The van der Waals surface area contributed by atoms with E-state index in [1.54, 1.807) is 0 Å². The van der Waals surface area contributed by atoms with Crippen molar-refractivity contribution >= 4 is 27.7 Å². The lowest BCUT2D eigenvalue weighted by molar-refractivity contribution is 0.357. The van der Waals surface area contributed by atoms with Gasteiger partial charge in [-0.25, -0.2) is 4.39 Å². The lowest BCUT2D eigenvalue weighted by Crippen LogP contribution is -2.29. The Morgan fingerprint density at radius 3 is 2.43 bits per heavy atom. The Morgan fingerprint density at radius 1 is 1.48 bits per heavy atom. The van der Waals surface area contributed by atoms with Gasteiger partial charge in [0.05, 0.1) is 18.0 Å². The summed E-state index contributed by atoms with van der Waals surface area (Å²) in [4.78, 5) is 0. The second-order valence-electron chi connectivity index (χ2n) is 6.96. The lowest BCUT2D eigenvalue weighted by Gasteiger charge is -2.31. The first-order valence-electron chi connectivity index (χ1n) is 7.57. The van der Waals surface area contributed by atoms with Crippen molar-refractivity contribution < 1.29 is 4.39 Å². The van der Waals surface area contributed by atoms with Gasteiger partial charge in [0, 0.05) is 12.3 Å². The maximum Gasteiger partial charge on any atom is 0.252 e. The van der Waals surface area contributed by atoms with Gasteiger partial charge in [-0.1, -0.05) is 12.8 Å². The molecule has 0 spiro atoms. The summed E-state index contributed by atoms with van der Waals surface area (Å²) in [6.07, 6.45) is 17.2. The normalized spacial score (nSPS) is 27.6. The minimum Gasteiger partial charge on any atom is -0.212 e. The van der Waals surface area contributed by atoms with Crippen LogP contribution in [0.25, 0.3) is 0 Å². The molecule has 0 aromatic rings. The van der Waals surface area contributed by atoms with E-state index in [1.807, 2.05) is 13.8 Å². The molecule has 1 aliphatic rings. The molecule has 3 heteroatoms. The molecule has 1 aliphatic carbocycles. The monoisotopic (exact) mass is 326 g/mol. The van der Waals surface area contributed by atoms with Crippen LogP contribution >= 0.6 is 15.1 Å². The molecule has 1 rings (SSSR count). The molecule has 0 saturated carbocycles. The summed E-state index contributed by atoms with van der Waals surface area (Å²) < 4.78 is 14.2. The predicted octanol–water partition coefficient (Wildman–Crippen LogP) is 5.86. The highest BCUT2D eigenvalue weighted by atomic mass is 31.2. The van der Waals surface area contributed by atoms with Gasteiger partial charge in [0.15, 0.2) is 0 Å². The Morgan fingerprint density at radius 2 is 2.05 bits per heavy atom. The van der Waals surface area contributed by atoms with Crippen molar-refractivity contribution in [2.24, 2.45) is 11.3 Å². The molecular formula is C18H29FP2+2. The first-order valence-corrected chi connectivity index (χ1v) is 11.2. The van der Waals surface area contributed by atoms with Crippen LogP contribution in [-0.4, -0.2) is 29.8 Å². The maximum atomic E-state index is 14.2. The summed E-state index contributed by atoms with van der Waals surface area (Å²) in [6.45, 7) is 10.5. The minimum absolute atomic E-state index is 0.00473. The average Bonchev–Trinajstić information content (AvgIpc) is 2.63. The third-order valence-corrected chi connectivity index (χ3v) is 10.6. The van der Waals surface area contributed by atoms with Crippen LogP contribution in [0.4, 0.5) is 4.39 Å². The predicted molar refractivity (Wildman–Crippen MR) is 101 cm³/mol. The summed E-state index contributed by atoms with van der Waals surface area (Å²) in [5, 5.41) is 0.0563. The molecule has 0 amide bonds. The van der Waals surface area contributed by atoms with Crippen molar-refractivity contribution in [1.82, 2.24) is 0 Å². The third-order valence-electron chi connectivity index (χ3n) is 4.85. The molecule has 0 saturated heterocycles. The van der Waals surface area contributed by atoms with E-state index in [0.29, 0.717) is 0 Å². The zero-order valence-corrected chi connectivity index (χ0v) is 16.0. The van der Waals surface area contributed by atoms with E-state index in [1.165, 1.54) is 0 Å². The van der Waals surface area contributed by atoms with Gasteiger partial charge in [0.1, 0.15) is 32.2 Å². The summed E-state index contributed by atoms with van der Waals surface area (Å²) >= 11 is 0. The van der Waals surface area contributed by atoms with E-state index in [-0.39, 0.29) is 24.4 Å². The van der Waals surface area contributed by atoms with E-state index in [4.69, 9.17) is 6.42 Å². The molecule has 0 radical (unpaired) electrons. The maximum absolute atomic E-state index is 14.2. The van der Waals surface area contributed by atoms with E-state index < -0.39 is 13.0 Å². The SMILES string of the molecule is C#C[C@]1(CC(C)(C)[P+](=C)C[P+](=C)CC)C[C@@H](C)C(F)=C1C. The lowest BCUT2D eigenvalue weighted by atomic mass is 9.75. The van der Waals surface area contributed by atoms with Gasteiger partial charge in [-0.05, 0) is 39.7 Å². The molecule has 0 fully saturated rings. The van der Waals surface area contributed by atoms with Crippen LogP contribution < -0.4 is 0 Å². The highest BCUT2D eigenvalue weighted by Gasteiger charge is 2.49. The van der Waals surface area contributed by atoms with Gasteiger partial charge in [0.25, 0.3) is 5.90 Å². The van der Waals surface area contributed by atoms with Crippen LogP contribution in [0.1, 0.15) is 47.5 Å². The number of terminal acetylenes is 1. The van der Waals surface area contributed by atoms with Crippen LogP contribution in [0.5, 0.6) is 0 Å². The largest absolute Gasteiger partial charge is 0.252 e. The number of rotatable bonds is 6. The molecule has 0 bridgehead atoms. The molecule has 0 N–H and O–H groups in total. The van der Waals surface area contributed by atoms with Gasteiger partial charge in [0.2, 0.25) is 0 Å². The van der Waals surface area contributed by atoms with Gasteiger partial charge < -0.3 is 0 Å². The second kappa shape index (κ2) is 6.77. The molecular weight excluding hydrogens is 297 g/mol. The highest BCUT2D eigenvalue weighted by Crippen LogP contribution is 2.56. The topological polar surface area (TPSA) is 0 Å². The summed E-state index contributed by atoms with van der Waals surface area (Å²) in [5.41, 5.74) is 0.364. The zero-order chi connectivity index (χ0) is 16.4.